The van der Waals surface area contributed by atoms with E-state index >= 15 is 0 Å². The molecule has 0 saturated carbocycles. The first-order valence-corrected chi connectivity index (χ1v) is 7.55. The van der Waals surface area contributed by atoms with Gasteiger partial charge in [0.1, 0.15) is 11.5 Å². The first kappa shape index (κ1) is 14.9. The molecule has 0 aliphatic carbocycles. The van der Waals surface area contributed by atoms with E-state index < -0.39 is 0 Å². The molecule has 20 heavy (non-hydrogen) atoms. The van der Waals surface area contributed by atoms with Crippen molar-refractivity contribution >= 4 is 15.9 Å². The molecule has 0 N–H and O–H groups in total. The zero-order chi connectivity index (χ0) is 14.5. The molecule has 0 spiro atoms. The topological polar surface area (TPSA) is 18.5 Å². The fourth-order valence-electron chi connectivity index (χ4n) is 2.09. The summed E-state index contributed by atoms with van der Waals surface area (Å²) in [6, 6.07) is 14.6. The maximum Gasteiger partial charge on any atom is 0.122 e. The van der Waals surface area contributed by atoms with Crippen molar-refractivity contribution in [3.8, 4) is 11.5 Å². The summed E-state index contributed by atoms with van der Waals surface area (Å²) in [5, 5.41) is 0. The molecule has 0 radical (unpaired) electrons. The highest BCUT2D eigenvalue weighted by atomic mass is 79.9. The molecule has 2 aromatic carbocycles. The minimum atomic E-state index is 0.123. The van der Waals surface area contributed by atoms with Gasteiger partial charge in [0.2, 0.25) is 0 Å². The molecule has 0 aromatic heterocycles. The maximum absolute atomic E-state index is 5.32. The first-order chi connectivity index (χ1) is 9.67. The summed E-state index contributed by atoms with van der Waals surface area (Å²) in [6.45, 7) is 2.16. The number of alkyl halides is 1. The summed E-state index contributed by atoms with van der Waals surface area (Å²) in [4.78, 5) is 0.123. The molecular formula is C17H19BrO2. The van der Waals surface area contributed by atoms with Crippen LogP contribution in [0, 0.1) is 0 Å². The van der Waals surface area contributed by atoms with Crippen molar-refractivity contribution in [3.05, 3.63) is 59.2 Å². The van der Waals surface area contributed by atoms with Gasteiger partial charge in [-0.1, -0.05) is 47.1 Å². The molecule has 0 aliphatic rings. The van der Waals surface area contributed by atoms with Gasteiger partial charge in [0.25, 0.3) is 0 Å². The van der Waals surface area contributed by atoms with Gasteiger partial charge in [-0.3, -0.25) is 0 Å². The summed E-state index contributed by atoms with van der Waals surface area (Å²) in [5.41, 5.74) is 3.68. The lowest BCUT2D eigenvalue weighted by molar-refractivity contribution is 0.393. The van der Waals surface area contributed by atoms with Gasteiger partial charge in [0.05, 0.1) is 19.0 Å². The smallest absolute Gasteiger partial charge is 0.122 e. The SMILES string of the molecule is CCc1ccc(C(Br)c2cc(OC)cc(OC)c2)cc1. The second-order valence-corrected chi connectivity index (χ2v) is 5.52. The highest BCUT2D eigenvalue weighted by Gasteiger charge is 2.13. The van der Waals surface area contributed by atoms with E-state index in [1.807, 2.05) is 18.2 Å². The molecule has 0 amide bonds. The van der Waals surface area contributed by atoms with Gasteiger partial charge in [-0.25, -0.2) is 0 Å². The lowest BCUT2D eigenvalue weighted by atomic mass is 10.0. The highest BCUT2D eigenvalue weighted by Crippen LogP contribution is 2.35. The van der Waals surface area contributed by atoms with Crippen molar-refractivity contribution in [2.75, 3.05) is 14.2 Å². The molecule has 0 aliphatic heterocycles. The predicted molar refractivity (Wildman–Crippen MR) is 86.1 cm³/mol. The Hall–Kier alpha value is -1.48. The van der Waals surface area contributed by atoms with Crippen LogP contribution in [0.1, 0.15) is 28.4 Å². The van der Waals surface area contributed by atoms with E-state index in [1.165, 1.54) is 11.1 Å². The summed E-state index contributed by atoms with van der Waals surface area (Å²) < 4.78 is 10.6. The molecule has 0 saturated heterocycles. The average Bonchev–Trinajstić information content (AvgIpc) is 2.53. The molecule has 3 heteroatoms. The van der Waals surface area contributed by atoms with Crippen molar-refractivity contribution in [1.29, 1.82) is 0 Å². The largest absolute Gasteiger partial charge is 0.497 e. The minimum absolute atomic E-state index is 0.123. The van der Waals surface area contributed by atoms with Crippen LogP contribution in [-0.4, -0.2) is 14.2 Å². The van der Waals surface area contributed by atoms with Crippen LogP contribution in [0.4, 0.5) is 0 Å². The van der Waals surface area contributed by atoms with E-state index in [4.69, 9.17) is 9.47 Å². The van der Waals surface area contributed by atoms with Gasteiger partial charge in [-0.15, -0.1) is 0 Å². The minimum Gasteiger partial charge on any atom is -0.497 e. The predicted octanol–water partition coefficient (Wildman–Crippen LogP) is 4.75. The van der Waals surface area contributed by atoms with Crippen LogP contribution in [0.5, 0.6) is 11.5 Å². The number of benzene rings is 2. The maximum atomic E-state index is 5.32. The lowest BCUT2D eigenvalue weighted by Gasteiger charge is -2.14. The normalized spacial score (nSPS) is 12.0. The van der Waals surface area contributed by atoms with Crippen LogP contribution in [0.15, 0.2) is 42.5 Å². The molecule has 0 fully saturated rings. The van der Waals surface area contributed by atoms with Gasteiger partial charge in [-0.2, -0.15) is 0 Å². The number of ether oxygens (including phenoxy) is 2. The second-order valence-electron chi connectivity index (χ2n) is 4.60. The highest BCUT2D eigenvalue weighted by molar-refractivity contribution is 9.09. The number of hydrogen-bond donors (Lipinski definition) is 0. The third kappa shape index (κ3) is 3.34. The van der Waals surface area contributed by atoms with Gasteiger partial charge < -0.3 is 9.47 Å². The van der Waals surface area contributed by atoms with Gasteiger partial charge >= 0.3 is 0 Å². The molecule has 1 atom stereocenters. The Labute approximate surface area is 128 Å². The van der Waals surface area contributed by atoms with E-state index in [0.29, 0.717) is 0 Å². The average molecular weight is 335 g/mol. The zero-order valence-corrected chi connectivity index (χ0v) is 13.6. The standard InChI is InChI=1S/C17H19BrO2/c1-4-12-5-7-13(8-6-12)17(18)14-9-15(19-2)11-16(10-14)20-3/h5-11,17H,4H2,1-3H3. The molecule has 2 nitrogen and oxygen atoms in total. The molecule has 0 bridgehead atoms. The van der Waals surface area contributed by atoms with Crippen molar-refractivity contribution in [3.63, 3.8) is 0 Å². The Kier molecular flexibility index (Phi) is 5.07. The van der Waals surface area contributed by atoms with Crippen LogP contribution in [-0.2, 0) is 6.42 Å². The summed E-state index contributed by atoms with van der Waals surface area (Å²) >= 11 is 3.76. The zero-order valence-electron chi connectivity index (χ0n) is 12.0. The lowest BCUT2D eigenvalue weighted by Crippen LogP contribution is -1.96. The number of rotatable bonds is 5. The Morgan fingerprint density at radius 3 is 1.90 bits per heavy atom. The van der Waals surface area contributed by atoms with E-state index in [-0.39, 0.29) is 4.83 Å². The monoisotopic (exact) mass is 334 g/mol. The summed E-state index contributed by atoms with van der Waals surface area (Å²) in [5.74, 6) is 1.60. The van der Waals surface area contributed by atoms with E-state index in [2.05, 4.69) is 47.1 Å². The Bertz CT molecular complexity index is 541. The van der Waals surface area contributed by atoms with Crippen LogP contribution < -0.4 is 9.47 Å². The Morgan fingerprint density at radius 1 is 0.900 bits per heavy atom. The van der Waals surface area contributed by atoms with Crippen LogP contribution in [0.25, 0.3) is 0 Å². The van der Waals surface area contributed by atoms with Crippen LogP contribution in [0.2, 0.25) is 0 Å². The second kappa shape index (κ2) is 6.80. The molecule has 1 unspecified atom stereocenters. The van der Waals surface area contributed by atoms with Gasteiger partial charge in [-0.05, 0) is 35.2 Å². The fourth-order valence-corrected chi connectivity index (χ4v) is 2.66. The number of hydrogen-bond acceptors (Lipinski definition) is 2. The summed E-state index contributed by atoms with van der Waals surface area (Å²) in [7, 11) is 3.33. The van der Waals surface area contributed by atoms with E-state index in [0.717, 1.165) is 23.5 Å². The van der Waals surface area contributed by atoms with E-state index in [1.54, 1.807) is 14.2 Å². The van der Waals surface area contributed by atoms with Crippen molar-refractivity contribution in [1.82, 2.24) is 0 Å². The number of methoxy groups -OCH3 is 2. The van der Waals surface area contributed by atoms with Crippen molar-refractivity contribution < 1.29 is 9.47 Å². The fraction of sp³-hybridized carbons (Fsp3) is 0.294. The van der Waals surface area contributed by atoms with Gasteiger partial charge in [0.15, 0.2) is 0 Å². The Balaban J connectivity index is 2.33. The number of aryl methyl sites for hydroxylation is 1. The quantitative estimate of drug-likeness (QED) is 0.734. The molecule has 2 aromatic rings. The summed E-state index contributed by atoms with van der Waals surface area (Å²) in [6.07, 6.45) is 1.06. The van der Waals surface area contributed by atoms with Crippen LogP contribution >= 0.6 is 15.9 Å². The van der Waals surface area contributed by atoms with Crippen molar-refractivity contribution in [2.24, 2.45) is 0 Å². The third-order valence-electron chi connectivity index (χ3n) is 3.35. The molecule has 106 valence electrons. The third-order valence-corrected chi connectivity index (χ3v) is 4.40. The first-order valence-electron chi connectivity index (χ1n) is 6.63. The van der Waals surface area contributed by atoms with Gasteiger partial charge in [0, 0.05) is 6.07 Å². The van der Waals surface area contributed by atoms with E-state index in [9.17, 15) is 0 Å². The number of halogens is 1. The molecule has 2 rings (SSSR count). The van der Waals surface area contributed by atoms with Crippen LogP contribution in [0.3, 0.4) is 0 Å². The molecular weight excluding hydrogens is 316 g/mol. The molecule has 0 heterocycles. The Morgan fingerprint density at radius 2 is 1.45 bits per heavy atom. The van der Waals surface area contributed by atoms with Crippen molar-refractivity contribution in [2.45, 2.75) is 18.2 Å².